The van der Waals surface area contributed by atoms with Crippen LogP contribution in [0.2, 0.25) is 0 Å². The van der Waals surface area contributed by atoms with Crippen LogP contribution in [0.5, 0.6) is 5.75 Å². The molecule has 2 aromatic carbocycles. The van der Waals surface area contributed by atoms with Crippen LogP contribution in [0.15, 0.2) is 66.9 Å². The molecule has 1 amide bonds. The minimum absolute atomic E-state index is 0.0742. The van der Waals surface area contributed by atoms with Crippen LogP contribution in [-0.4, -0.2) is 24.0 Å². The van der Waals surface area contributed by atoms with Gasteiger partial charge in [-0.1, -0.05) is 30.3 Å². The van der Waals surface area contributed by atoms with E-state index in [4.69, 9.17) is 4.74 Å². The number of ether oxygens (including phenoxy) is 1. The molecule has 0 spiro atoms. The molecule has 0 radical (unpaired) electrons. The molecule has 0 unspecified atom stereocenters. The first kappa shape index (κ1) is 20.4. The molecule has 31 heavy (non-hydrogen) atoms. The van der Waals surface area contributed by atoms with Gasteiger partial charge in [-0.25, -0.2) is 0 Å². The van der Waals surface area contributed by atoms with Crippen LogP contribution in [0.25, 0.3) is 16.5 Å². The van der Waals surface area contributed by atoms with Gasteiger partial charge in [0.1, 0.15) is 5.75 Å². The third-order valence-electron chi connectivity index (χ3n) is 5.04. The van der Waals surface area contributed by atoms with Gasteiger partial charge in [-0.2, -0.15) is 0 Å². The van der Waals surface area contributed by atoms with E-state index in [9.17, 15) is 10.2 Å². The number of carbonyl (C=O) groups is 1. The third-order valence-corrected chi connectivity index (χ3v) is 5.04. The summed E-state index contributed by atoms with van der Waals surface area (Å²) in [5, 5.41) is 18.8. The van der Waals surface area contributed by atoms with E-state index < -0.39 is 0 Å². The summed E-state index contributed by atoms with van der Waals surface area (Å²) >= 11 is 0. The standard InChI is InChI=1S/C24H24N5O2/c1-31-21-5-3-2-4-20(21)28-24(25)29-22-13-10-18(15-26-22)17-8-11-19(12-9-17)27-23(30)14-16-6-7-16/h2-5,8-13,15-16H,6-7,14H2,1H3,(H3-,25,26,27,28,29,30)/q-1. The second-order valence-corrected chi connectivity index (χ2v) is 7.50. The molecule has 1 heterocycles. The van der Waals surface area contributed by atoms with Gasteiger partial charge in [0.2, 0.25) is 5.91 Å². The summed E-state index contributed by atoms with van der Waals surface area (Å²) in [6.07, 6.45) is 4.65. The molecule has 7 nitrogen and oxygen atoms in total. The molecule has 3 aromatic rings. The number of benzene rings is 2. The van der Waals surface area contributed by atoms with Crippen LogP contribution < -0.4 is 20.7 Å². The topological polar surface area (TPSA) is 97.6 Å². The summed E-state index contributed by atoms with van der Waals surface area (Å²) in [4.78, 5) is 16.3. The SMILES string of the molecule is COc1ccccc1NC(=[N-])Nc1ccc(-c2ccc(NC(=O)CC3CC3)cc2)cn1. The Morgan fingerprint density at radius 3 is 2.42 bits per heavy atom. The van der Waals surface area contributed by atoms with E-state index in [-0.39, 0.29) is 11.9 Å². The fourth-order valence-corrected chi connectivity index (χ4v) is 3.21. The summed E-state index contributed by atoms with van der Waals surface area (Å²) in [6.45, 7) is 0. The van der Waals surface area contributed by atoms with Crippen LogP contribution >= 0.6 is 0 Å². The number of nitrogens with zero attached hydrogens (tertiary/aromatic N) is 2. The van der Waals surface area contributed by atoms with Crippen molar-refractivity contribution < 1.29 is 9.53 Å². The second-order valence-electron chi connectivity index (χ2n) is 7.50. The molecule has 0 atom stereocenters. The van der Waals surface area contributed by atoms with E-state index in [0.29, 0.717) is 29.6 Å². The van der Waals surface area contributed by atoms with Crippen molar-refractivity contribution in [1.29, 1.82) is 0 Å². The van der Waals surface area contributed by atoms with Gasteiger partial charge in [0.15, 0.2) is 0 Å². The van der Waals surface area contributed by atoms with Gasteiger partial charge in [-0.3, -0.25) is 9.78 Å². The normalized spacial score (nSPS) is 12.7. The van der Waals surface area contributed by atoms with Gasteiger partial charge in [0.05, 0.1) is 12.9 Å². The van der Waals surface area contributed by atoms with Crippen LogP contribution in [0.4, 0.5) is 17.2 Å². The van der Waals surface area contributed by atoms with Crippen molar-refractivity contribution in [3.8, 4) is 16.9 Å². The zero-order valence-corrected chi connectivity index (χ0v) is 17.3. The smallest absolute Gasteiger partial charge is 0.224 e. The van der Waals surface area contributed by atoms with Crippen LogP contribution in [-0.2, 0) is 4.79 Å². The fraction of sp³-hybridized carbons (Fsp3) is 0.208. The predicted octanol–water partition coefficient (Wildman–Crippen LogP) is 4.95. The van der Waals surface area contributed by atoms with Crippen LogP contribution in [0.1, 0.15) is 19.3 Å². The summed E-state index contributed by atoms with van der Waals surface area (Å²) in [6, 6.07) is 18.7. The molecule has 1 aromatic heterocycles. The van der Waals surface area contributed by atoms with Crippen LogP contribution in [0.3, 0.4) is 0 Å². The highest BCUT2D eigenvalue weighted by Crippen LogP contribution is 2.32. The summed E-state index contributed by atoms with van der Waals surface area (Å²) in [5.41, 5.74) is 3.34. The number of para-hydroxylation sites is 2. The van der Waals surface area contributed by atoms with E-state index >= 15 is 0 Å². The maximum Gasteiger partial charge on any atom is 0.224 e. The Morgan fingerprint density at radius 2 is 1.74 bits per heavy atom. The zero-order valence-electron chi connectivity index (χ0n) is 17.3. The van der Waals surface area contributed by atoms with Crippen molar-refractivity contribution >= 4 is 29.1 Å². The lowest BCUT2D eigenvalue weighted by molar-refractivity contribution is -0.116. The number of anilines is 3. The first-order chi connectivity index (χ1) is 15.1. The molecule has 3 N–H and O–H groups in total. The first-order valence-electron chi connectivity index (χ1n) is 10.2. The largest absolute Gasteiger partial charge is 0.496 e. The quantitative estimate of drug-likeness (QED) is 0.376. The summed E-state index contributed by atoms with van der Waals surface area (Å²) < 4.78 is 5.26. The minimum atomic E-state index is -0.156. The number of guanidine groups is 1. The number of pyridine rings is 1. The highest BCUT2D eigenvalue weighted by molar-refractivity contribution is 6.05. The zero-order chi connectivity index (χ0) is 21.6. The van der Waals surface area contributed by atoms with Crippen molar-refractivity contribution in [2.24, 2.45) is 5.92 Å². The highest BCUT2D eigenvalue weighted by atomic mass is 16.5. The maximum atomic E-state index is 11.9. The van der Waals surface area contributed by atoms with Gasteiger partial charge < -0.3 is 26.1 Å². The molecule has 0 bridgehead atoms. The molecule has 158 valence electrons. The van der Waals surface area contributed by atoms with Gasteiger partial charge in [-0.05, 0) is 54.7 Å². The molecule has 1 aliphatic rings. The predicted molar refractivity (Wildman–Crippen MR) is 124 cm³/mol. The number of hydrogen-bond acceptors (Lipinski definition) is 3. The third kappa shape index (κ3) is 5.60. The first-order valence-corrected chi connectivity index (χ1v) is 10.2. The van der Waals surface area contributed by atoms with Gasteiger partial charge in [0, 0.05) is 35.5 Å². The van der Waals surface area contributed by atoms with E-state index in [1.165, 1.54) is 0 Å². The van der Waals surface area contributed by atoms with Gasteiger partial charge in [0.25, 0.3) is 0 Å². The molecule has 1 fully saturated rings. The van der Waals surface area contributed by atoms with E-state index in [0.717, 1.165) is 29.7 Å². The monoisotopic (exact) mass is 414 g/mol. The molecule has 1 aliphatic carbocycles. The number of methoxy groups -OCH3 is 1. The van der Waals surface area contributed by atoms with Crippen molar-refractivity contribution in [2.75, 3.05) is 23.1 Å². The van der Waals surface area contributed by atoms with Crippen molar-refractivity contribution in [3.05, 3.63) is 72.3 Å². The summed E-state index contributed by atoms with van der Waals surface area (Å²) in [7, 11) is 1.57. The maximum absolute atomic E-state index is 11.9. The van der Waals surface area contributed by atoms with E-state index in [2.05, 4.69) is 20.9 Å². The number of aromatic nitrogens is 1. The average molecular weight is 414 g/mol. The lowest BCUT2D eigenvalue weighted by atomic mass is 10.1. The second kappa shape index (κ2) is 9.30. The highest BCUT2D eigenvalue weighted by Gasteiger charge is 2.24. The Hall–Kier alpha value is -3.87. The average Bonchev–Trinajstić information content (AvgIpc) is 3.59. The number of rotatable bonds is 7. The van der Waals surface area contributed by atoms with Crippen LogP contribution in [0, 0.1) is 5.92 Å². The minimum Gasteiger partial charge on any atom is -0.496 e. The molecule has 1 saturated carbocycles. The molecule has 7 heteroatoms. The Morgan fingerprint density at radius 1 is 1.00 bits per heavy atom. The molecule has 0 aliphatic heterocycles. The van der Waals surface area contributed by atoms with E-state index in [1.807, 2.05) is 42.5 Å². The molecule has 4 rings (SSSR count). The van der Waals surface area contributed by atoms with Gasteiger partial charge >= 0.3 is 0 Å². The number of carbonyl (C=O) groups excluding carboxylic acids is 1. The fourth-order valence-electron chi connectivity index (χ4n) is 3.21. The van der Waals surface area contributed by atoms with Crippen molar-refractivity contribution in [1.82, 2.24) is 4.98 Å². The molecular formula is C24H24N5O2-. The Balaban J connectivity index is 1.34. The van der Waals surface area contributed by atoms with Crippen molar-refractivity contribution in [2.45, 2.75) is 19.3 Å². The number of nitrogens with one attached hydrogen (secondary N) is 3. The Labute approximate surface area is 181 Å². The Kier molecular flexibility index (Phi) is 6.12. The van der Waals surface area contributed by atoms with E-state index in [1.54, 1.807) is 31.5 Å². The Bertz CT molecular complexity index is 1060. The lowest BCUT2D eigenvalue weighted by Gasteiger charge is -2.20. The number of hydrogen-bond donors (Lipinski definition) is 3. The van der Waals surface area contributed by atoms with Crippen molar-refractivity contribution in [3.63, 3.8) is 0 Å². The number of amides is 1. The molecule has 0 saturated heterocycles. The lowest BCUT2D eigenvalue weighted by Crippen LogP contribution is -2.20. The van der Waals surface area contributed by atoms with Gasteiger partial charge in [-0.15, -0.1) is 0 Å². The molecular weight excluding hydrogens is 390 g/mol. The summed E-state index contributed by atoms with van der Waals surface area (Å²) in [5.74, 6) is 1.60.